The molecular weight excluding hydrogens is 472 g/mol. The van der Waals surface area contributed by atoms with Crippen molar-refractivity contribution in [1.82, 2.24) is 24.3 Å². The highest BCUT2D eigenvalue weighted by atomic mass is 19.4. The summed E-state index contributed by atoms with van der Waals surface area (Å²) in [4.78, 5) is 27.6. The molecule has 1 amide bonds. The molecule has 5 heterocycles. The van der Waals surface area contributed by atoms with Gasteiger partial charge < -0.3 is 20.1 Å². The summed E-state index contributed by atoms with van der Waals surface area (Å²) in [5.41, 5.74) is 7.64. The molecule has 180 valence electrons. The van der Waals surface area contributed by atoms with Crippen LogP contribution in [0.4, 0.5) is 23.4 Å². The van der Waals surface area contributed by atoms with Gasteiger partial charge in [0, 0.05) is 18.7 Å². The summed E-state index contributed by atoms with van der Waals surface area (Å²) in [6.45, 7) is 0.295. The number of carbonyl (C=O) groups excluding carboxylic acids is 1. The third kappa shape index (κ3) is 3.45. The number of ether oxygens (including phenoxy) is 2. The summed E-state index contributed by atoms with van der Waals surface area (Å²) in [5.74, 6) is -1.96. The lowest BCUT2D eigenvalue weighted by molar-refractivity contribution is -0.274. The van der Waals surface area contributed by atoms with Crippen LogP contribution in [0.5, 0.6) is 11.5 Å². The fourth-order valence-corrected chi connectivity index (χ4v) is 4.81. The minimum absolute atomic E-state index is 0.0183. The van der Waals surface area contributed by atoms with Crippen molar-refractivity contribution >= 4 is 28.3 Å². The summed E-state index contributed by atoms with van der Waals surface area (Å²) in [6.07, 6.45) is -0.0200. The number of anilines is 1. The number of nitrogen functional groups attached to an aromatic ring is 1. The van der Waals surface area contributed by atoms with E-state index in [2.05, 4.69) is 19.7 Å². The molecule has 0 bridgehead atoms. The molecule has 2 aliphatic heterocycles. The van der Waals surface area contributed by atoms with Crippen molar-refractivity contribution in [3.8, 4) is 11.5 Å². The predicted octanol–water partition coefficient (Wildman–Crippen LogP) is 3.64. The van der Waals surface area contributed by atoms with Crippen molar-refractivity contribution in [2.75, 3.05) is 12.3 Å². The van der Waals surface area contributed by atoms with Crippen LogP contribution < -0.4 is 15.2 Å². The number of carbonyl (C=O) groups is 1. The van der Waals surface area contributed by atoms with Crippen LogP contribution >= 0.6 is 0 Å². The topological polar surface area (TPSA) is 108 Å². The van der Waals surface area contributed by atoms with Crippen LogP contribution in [0.25, 0.3) is 16.6 Å². The first-order chi connectivity index (χ1) is 16.7. The van der Waals surface area contributed by atoms with Crippen LogP contribution in [0.15, 0.2) is 36.9 Å². The van der Waals surface area contributed by atoms with Gasteiger partial charge in [-0.1, -0.05) is 0 Å². The molecule has 6 rings (SSSR count). The average Bonchev–Trinajstić information content (AvgIpc) is 3.43. The zero-order valence-corrected chi connectivity index (χ0v) is 17.8. The number of benzene rings is 1. The summed E-state index contributed by atoms with van der Waals surface area (Å²) >= 11 is 0. The number of pyridine rings is 1. The number of nitrogens with two attached hydrogens (primary N) is 1. The van der Waals surface area contributed by atoms with Crippen LogP contribution in [0.1, 0.15) is 34.9 Å². The predicted molar refractivity (Wildman–Crippen MR) is 113 cm³/mol. The van der Waals surface area contributed by atoms with Crippen molar-refractivity contribution in [1.29, 1.82) is 0 Å². The van der Waals surface area contributed by atoms with Crippen molar-refractivity contribution in [2.45, 2.75) is 31.3 Å². The molecule has 1 saturated heterocycles. The third-order valence-corrected chi connectivity index (χ3v) is 6.19. The molecular formula is C22H16F4N6O3. The molecule has 9 nitrogen and oxygen atoms in total. The van der Waals surface area contributed by atoms with E-state index < -0.39 is 36.0 Å². The Kier molecular flexibility index (Phi) is 4.53. The number of fused-ring (bicyclic) bond motifs is 6. The maximum Gasteiger partial charge on any atom is 0.573 e. The summed E-state index contributed by atoms with van der Waals surface area (Å²) in [5, 5.41) is 0. The van der Waals surface area contributed by atoms with E-state index in [9.17, 15) is 18.0 Å². The Labute approximate surface area is 194 Å². The van der Waals surface area contributed by atoms with Crippen LogP contribution in [0.3, 0.4) is 0 Å². The number of halogens is 4. The number of hydrogen-bond donors (Lipinski definition) is 1. The summed E-state index contributed by atoms with van der Waals surface area (Å²) < 4.78 is 64.2. The largest absolute Gasteiger partial charge is 0.573 e. The SMILES string of the molecule is Nc1nc2cnc(C(=O)N3CCC[C@@H]4Oc5cc(OC(F)(F)F)cc(F)c5[C@@H]43)cc2n2cncc12. The van der Waals surface area contributed by atoms with Gasteiger partial charge in [-0.2, -0.15) is 0 Å². The van der Waals surface area contributed by atoms with Gasteiger partial charge in [0.1, 0.15) is 52.0 Å². The van der Waals surface area contributed by atoms with E-state index in [1.165, 1.54) is 17.4 Å². The minimum Gasteiger partial charge on any atom is -0.487 e. The van der Waals surface area contributed by atoms with Crippen molar-refractivity contribution in [3.05, 3.63) is 54.0 Å². The molecule has 0 spiro atoms. The third-order valence-electron chi connectivity index (χ3n) is 6.19. The molecule has 1 fully saturated rings. The van der Waals surface area contributed by atoms with Crippen molar-refractivity contribution in [3.63, 3.8) is 0 Å². The van der Waals surface area contributed by atoms with Crippen LogP contribution in [0.2, 0.25) is 0 Å². The van der Waals surface area contributed by atoms with Gasteiger partial charge in [0.25, 0.3) is 5.91 Å². The highest BCUT2D eigenvalue weighted by Gasteiger charge is 2.46. The molecule has 0 saturated carbocycles. The van der Waals surface area contributed by atoms with Gasteiger partial charge in [-0.3, -0.25) is 9.20 Å². The monoisotopic (exact) mass is 488 g/mol. The number of nitrogens with zero attached hydrogens (tertiary/aromatic N) is 5. The number of hydrogen-bond acceptors (Lipinski definition) is 7. The van der Waals surface area contributed by atoms with E-state index in [1.807, 2.05) is 0 Å². The van der Waals surface area contributed by atoms with Crippen LogP contribution in [-0.4, -0.2) is 49.2 Å². The lowest BCUT2D eigenvalue weighted by atomic mass is 9.93. The first kappa shape index (κ1) is 21.4. The molecule has 0 radical (unpaired) electrons. The van der Waals surface area contributed by atoms with E-state index in [0.29, 0.717) is 42.0 Å². The number of likely N-dealkylation sites (tertiary alicyclic amines) is 1. The molecule has 0 unspecified atom stereocenters. The van der Waals surface area contributed by atoms with Crippen LogP contribution in [-0.2, 0) is 0 Å². The van der Waals surface area contributed by atoms with Gasteiger partial charge in [0.05, 0.1) is 29.8 Å². The standard InChI is InChI=1S/C22H16F4N6O3/c23-11-4-10(35-22(24,25)26)5-17-18(11)19-16(34-17)2-1-3-31(19)21(33)12-6-14-13(7-29-12)30-20(27)15-8-28-9-32(14)15/h4-9,16,19H,1-3H2,(H2,27,30)/t16-,19+/m0/s1. The van der Waals surface area contributed by atoms with E-state index in [1.54, 1.807) is 16.7 Å². The van der Waals surface area contributed by atoms with E-state index >= 15 is 4.39 Å². The second kappa shape index (κ2) is 7.42. The first-order valence-corrected chi connectivity index (χ1v) is 10.6. The second-order valence-electron chi connectivity index (χ2n) is 8.31. The Morgan fingerprint density at radius 1 is 1.20 bits per heavy atom. The Balaban J connectivity index is 1.39. The minimum atomic E-state index is -4.98. The molecule has 1 aromatic carbocycles. The fraction of sp³-hybridized carbons (Fsp3) is 0.273. The highest BCUT2D eigenvalue weighted by Crippen LogP contribution is 2.48. The Hall–Kier alpha value is -4.16. The molecule has 2 N–H and O–H groups in total. The number of imidazole rings is 1. The van der Waals surface area contributed by atoms with E-state index in [0.717, 1.165) is 6.07 Å². The van der Waals surface area contributed by atoms with Gasteiger partial charge in [0.2, 0.25) is 0 Å². The Morgan fingerprint density at radius 2 is 2.03 bits per heavy atom. The molecule has 2 aliphatic rings. The number of amides is 1. The van der Waals surface area contributed by atoms with Gasteiger partial charge in [-0.05, 0) is 18.9 Å². The average molecular weight is 488 g/mol. The number of rotatable bonds is 2. The summed E-state index contributed by atoms with van der Waals surface area (Å²) in [6, 6.07) is 2.37. The van der Waals surface area contributed by atoms with Gasteiger partial charge in [-0.15, -0.1) is 13.2 Å². The highest BCUT2D eigenvalue weighted by molar-refractivity contribution is 5.96. The van der Waals surface area contributed by atoms with Crippen LogP contribution in [0, 0.1) is 5.82 Å². The maximum atomic E-state index is 15.0. The molecule has 2 atom stereocenters. The Bertz CT molecular complexity index is 1500. The number of piperidine rings is 1. The first-order valence-electron chi connectivity index (χ1n) is 10.6. The maximum absolute atomic E-state index is 15.0. The zero-order chi connectivity index (χ0) is 24.5. The van der Waals surface area contributed by atoms with E-state index in [4.69, 9.17) is 10.5 Å². The molecule has 0 aliphatic carbocycles. The lowest BCUT2D eigenvalue weighted by Crippen LogP contribution is -2.45. The lowest BCUT2D eigenvalue weighted by Gasteiger charge is -2.36. The molecule has 3 aromatic heterocycles. The Morgan fingerprint density at radius 3 is 2.83 bits per heavy atom. The van der Waals surface area contributed by atoms with Gasteiger partial charge in [-0.25, -0.2) is 19.3 Å². The van der Waals surface area contributed by atoms with Crippen molar-refractivity contribution in [2.24, 2.45) is 0 Å². The molecule has 35 heavy (non-hydrogen) atoms. The normalized spacial score (nSPS) is 19.5. The molecule has 4 aromatic rings. The smallest absolute Gasteiger partial charge is 0.487 e. The van der Waals surface area contributed by atoms with Crippen molar-refractivity contribution < 1.29 is 31.8 Å². The van der Waals surface area contributed by atoms with Gasteiger partial charge >= 0.3 is 6.36 Å². The van der Waals surface area contributed by atoms with E-state index in [-0.39, 0.29) is 22.8 Å². The quantitative estimate of drug-likeness (QED) is 0.429. The second-order valence-corrected chi connectivity index (χ2v) is 8.31. The number of alkyl halides is 3. The van der Waals surface area contributed by atoms with Gasteiger partial charge in [0.15, 0.2) is 0 Å². The number of aromatic nitrogens is 4. The summed E-state index contributed by atoms with van der Waals surface area (Å²) in [7, 11) is 0. The fourth-order valence-electron chi connectivity index (χ4n) is 4.81. The zero-order valence-electron chi connectivity index (χ0n) is 17.8. The molecule has 13 heteroatoms.